The fraction of sp³-hybridized carbons (Fsp3) is 0.192. The number of fused-ring (bicyclic) bond motifs is 1. The van der Waals surface area contributed by atoms with E-state index in [-0.39, 0.29) is 16.5 Å². The molecule has 0 atom stereocenters. The van der Waals surface area contributed by atoms with Crippen LogP contribution in [0.25, 0.3) is 0 Å². The van der Waals surface area contributed by atoms with Crippen molar-refractivity contribution in [3.8, 4) is 0 Å². The number of rotatable bonds is 4. The molecular weight excluding hydrogens is 495 g/mol. The van der Waals surface area contributed by atoms with E-state index in [0.717, 1.165) is 46.3 Å². The van der Waals surface area contributed by atoms with Gasteiger partial charge in [-0.3, -0.25) is 9.79 Å². The third-order valence-electron chi connectivity index (χ3n) is 5.45. The van der Waals surface area contributed by atoms with Crippen molar-refractivity contribution in [1.82, 2.24) is 0 Å². The number of nitrogens with one attached hydrogen (secondary N) is 1. The molecule has 1 aliphatic rings. The first-order valence-electron chi connectivity index (χ1n) is 10.7. The Morgan fingerprint density at radius 3 is 2.31 bits per heavy atom. The molecule has 0 aromatic heterocycles. The summed E-state index contributed by atoms with van der Waals surface area (Å²) >= 11 is 7.03. The van der Waals surface area contributed by atoms with Crippen LogP contribution >= 0.6 is 23.4 Å². The van der Waals surface area contributed by atoms with Crippen LogP contribution in [0, 0.1) is 13.8 Å². The molecule has 1 N–H and O–H groups in total. The highest BCUT2D eigenvalue weighted by molar-refractivity contribution is 8.14. The molecule has 1 amide bonds. The smallest absolute Gasteiger partial charge is 0.325 e. The zero-order chi connectivity index (χ0) is 25.2. The Morgan fingerprint density at radius 1 is 1.00 bits per heavy atom. The van der Waals surface area contributed by atoms with Crippen molar-refractivity contribution in [2.75, 3.05) is 11.1 Å². The van der Waals surface area contributed by atoms with E-state index in [1.807, 2.05) is 56.3 Å². The minimum atomic E-state index is -4.62. The summed E-state index contributed by atoms with van der Waals surface area (Å²) in [5, 5.41) is 3.08. The molecule has 9 heteroatoms. The number of carbonyl (C=O) groups excluding carboxylic acids is 1. The number of hydrogen-bond acceptors (Lipinski definition) is 4. The highest BCUT2D eigenvalue weighted by atomic mass is 35.5. The Hall–Kier alpha value is -3.10. The number of aryl methyl sites for hydroxylation is 2. The zero-order valence-electron chi connectivity index (χ0n) is 18.9. The molecule has 0 unspecified atom stereocenters. The molecule has 1 heterocycles. The van der Waals surface area contributed by atoms with Crippen molar-refractivity contribution in [1.29, 1.82) is 0 Å². The van der Waals surface area contributed by atoms with Gasteiger partial charge in [-0.15, -0.1) is 11.8 Å². The Kier molecular flexibility index (Phi) is 7.33. The van der Waals surface area contributed by atoms with Gasteiger partial charge in [-0.1, -0.05) is 41.9 Å². The summed E-state index contributed by atoms with van der Waals surface area (Å²) in [6.45, 7) is 3.99. The van der Waals surface area contributed by atoms with Crippen LogP contribution in [0.3, 0.4) is 0 Å². The van der Waals surface area contributed by atoms with Crippen LogP contribution in [-0.2, 0) is 11.0 Å². The van der Waals surface area contributed by atoms with Crippen molar-refractivity contribution in [2.45, 2.75) is 26.4 Å². The first-order valence-corrected chi connectivity index (χ1v) is 12.1. The third-order valence-corrected chi connectivity index (χ3v) is 6.66. The maximum Gasteiger partial charge on any atom is 0.418 e. The predicted molar refractivity (Wildman–Crippen MR) is 138 cm³/mol. The van der Waals surface area contributed by atoms with Gasteiger partial charge in [0.2, 0.25) is 5.91 Å². The summed E-state index contributed by atoms with van der Waals surface area (Å²) in [6, 6.07) is 16.7. The summed E-state index contributed by atoms with van der Waals surface area (Å²) < 4.78 is 40.0. The average Bonchev–Trinajstić information content (AvgIpc) is 2.97. The molecule has 0 saturated carbocycles. The fourth-order valence-corrected chi connectivity index (χ4v) is 4.49. The van der Waals surface area contributed by atoms with Gasteiger partial charge < -0.3 is 5.32 Å². The van der Waals surface area contributed by atoms with E-state index in [2.05, 4.69) is 5.32 Å². The summed E-state index contributed by atoms with van der Waals surface area (Å²) in [5.74, 6) is -0.710. The van der Waals surface area contributed by atoms with Gasteiger partial charge in [-0.05, 0) is 60.9 Å². The number of hydrogen-bond donors (Lipinski definition) is 1. The van der Waals surface area contributed by atoms with Crippen LogP contribution in [0.1, 0.15) is 28.7 Å². The summed E-state index contributed by atoms with van der Waals surface area (Å²) in [5.41, 5.74) is 3.99. The molecule has 180 valence electrons. The van der Waals surface area contributed by atoms with Crippen LogP contribution < -0.4 is 5.32 Å². The molecule has 0 spiro atoms. The number of anilines is 1. The lowest BCUT2D eigenvalue weighted by Crippen LogP contribution is -2.19. The van der Waals surface area contributed by atoms with Gasteiger partial charge >= 0.3 is 6.18 Å². The van der Waals surface area contributed by atoms with E-state index < -0.39 is 17.6 Å². The number of thioether (sulfide) groups is 1. The molecule has 0 radical (unpaired) electrons. The molecule has 3 aromatic carbocycles. The minimum Gasteiger partial charge on any atom is -0.325 e. The van der Waals surface area contributed by atoms with Crippen molar-refractivity contribution >= 4 is 57.1 Å². The van der Waals surface area contributed by atoms with Gasteiger partial charge in [-0.25, -0.2) is 4.99 Å². The van der Waals surface area contributed by atoms with Crippen molar-refractivity contribution in [3.63, 3.8) is 0 Å². The average molecular weight is 516 g/mol. The van der Waals surface area contributed by atoms with Gasteiger partial charge in [0.25, 0.3) is 0 Å². The highest BCUT2D eigenvalue weighted by Gasteiger charge is 2.34. The first-order chi connectivity index (χ1) is 16.6. The lowest BCUT2D eigenvalue weighted by Gasteiger charge is -2.14. The second-order valence-corrected chi connectivity index (χ2v) is 9.54. The van der Waals surface area contributed by atoms with E-state index >= 15 is 0 Å². The summed E-state index contributed by atoms with van der Waals surface area (Å²) in [7, 11) is 0. The number of benzene rings is 3. The molecule has 35 heavy (non-hydrogen) atoms. The number of halogens is 4. The van der Waals surface area contributed by atoms with Crippen LogP contribution in [0.2, 0.25) is 5.02 Å². The molecule has 0 bridgehead atoms. The summed E-state index contributed by atoms with van der Waals surface area (Å²) in [4.78, 5) is 22.2. The lowest BCUT2D eigenvalue weighted by atomic mass is 10.1. The van der Waals surface area contributed by atoms with Gasteiger partial charge in [0.15, 0.2) is 0 Å². The normalized spacial score (nSPS) is 13.4. The van der Waals surface area contributed by atoms with Crippen molar-refractivity contribution < 1.29 is 18.0 Å². The number of aliphatic imine (C=N–C) groups is 2. The Bertz CT molecular complexity index is 1340. The van der Waals surface area contributed by atoms with Crippen LogP contribution in [0.5, 0.6) is 0 Å². The molecule has 0 aliphatic carbocycles. The van der Waals surface area contributed by atoms with Gasteiger partial charge in [0, 0.05) is 11.4 Å². The minimum absolute atomic E-state index is 0.0973. The van der Waals surface area contributed by atoms with E-state index in [1.165, 1.54) is 11.8 Å². The van der Waals surface area contributed by atoms with Crippen LogP contribution in [0.15, 0.2) is 70.6 Å². The molecule has 0 saturated heterocycles. The quantitative estimate of drug-likeness (QED) is 0.384. The SMILES string of the molecule is Cc1cc2c(cc1C)N=C(c1ccccc1)CC(SCC(=O)Nc1cc(Cl)ccc1C(F)(F)F)=N2. The van der Waals surface area contributed by atoms with Crippen molar-refractivity contribution in [3.05, 3.63) is 87.9 Å². The monoisotopic (exact) mass is 515 g/mol. The molecular formula is C26H21ClF3N3OS. The largest absolute Gasteiger partial charge is 0.418 e. The molecule has 0 fully saturated rings. The van der Waals surface area contributed by atoms with Crippen LogP contribution in [0.4, 0.5) is 30.2 Å². The third kappa shape index (κ3) is 6.13. The predicted octanol–water partition coefficient (Wildman–Crippen LogP) is 7.90. The van der Waals surface area contributed by atoms with Crippen LogP contribution in [-0.4, -0.2) is 22.4 Å². The second-order valence-electron chi connectivity index (χ2n) is 8.06. The number of amides is 1. The van der Waals surface area contributed by atoms with Gasteiger partial charge in [0.1, 0.15) is 0 Å². The Balaban J connectivity index is 1.58. The standard InChI is InChI=1S/C26H21ClF3N3OS/c1-15-10-22-23(11-16(15)2)33-25(13-20(31-22)17-6-4-3-5-7-17)35-14-24(34)32-21-12-18(27)8-9-19(21)26(28,29)30/h3-12H,13-14H2,1-2H3,(H,32,34). The molecule has 1 aliphatic heterocycles. The topological polar surface area (TPSA) is 53.8 Å². The van der Waals surface area contributed by atoms with E-state index in [0.29, 0.717) is 17.2 Å². The van der Waals surface area contributed by atoms with E-state index in [4.69, 9.17) is 21.6 Å². The van der Waals surface area contributed by atoms with Crippen molar-refractivity contribution in [2.24, 2.45) is 9.98 Å². The second kappa shape index (κ2) is 10.3. The molecule has 4 rings (SSSR count). The first kappa shape index (κ1) is 25.0. The van der Waals surface area contributed by atoms with Gasteiger partial charge in [0.05, 0.1) is 39.1 Å². The maximum absolute atomic E-state index is 13.3. The highest BCUT2D eigenvalue weighted by Crippen LogP contribution is 2.37. The lowest BCUT2D eigenvalue weighted by molar-refractivity contribution is -0.137. The fourth-order valence-electron chi connectivity index (χ4n) is 3.55. The Labute approximate surface area is 210 Å². The van der Waals surface area contributed by atoms with Gasteiger partial charge in [-0.2, -0.15) is 13.2 Å². The number of nitrogens with zero attached hydrogens (tertiary/aromatic N) is 2. The zero-order valence-corrected chi connectivity index (χ0v) is 20.5. The maximum atomic E-state index is 13.3. The number of alkyl halides is 3. The summed E-state index contributed by atoms with van der Waals surface area (Å²) in [6.07, 6.45) is -4.23. The molecule has 4 nitrogen and oxygen atoms in total. The Morgan fingerprint density at radius 2 is 1.66 bits per heavy atom. The van der Waals surface area contributed by atoms with E-state index in [9.17, 15) is 18.0 Å². The van der Waals surface area contributed by atoms with E-state index in [1.54, 1.807) is 0 Å². The molecule has 3 aromatic rings. The number of carbonyl (C=O) groups is 1.